The van der Waals surface area contributed by atoms with Crippen LogP contribution in [-0.2, 0) is 24.2 Å². The SMILES string of the molecule is CCOC(=O)c1sc(Nc2nc3c(c(NCc4ccc(C)cc4)n2)CN(C)CC3)nc1C. The number of anilines is 3. The summed E-state index contributed by atoms with van der Waals surface area (Å²) in [5.74, 6) is 0.942. The summed E-state index contributed by atoms with van der Waals surface area (Å²) in [7, 11) is 2.11. The Morgan fingerprint density at radius 1 is 1.19 bits per heavy atom. The number of carbonyl (C=O) groups is 1. The van der Waals surface area contributed by atoms with Crippen molar-refractivity contribution in [3.8, 4) is 0 Å². The smallest absolute Gasteiger partial charge is 0.350 e. The van der Waals surface area contributed by atoms with Crippen molar-refractivity contribution in [2.45, 2.75) is 40.3 Å². The molecule has 0 radical (unpaired) electrons. The molecule has 0 amide bonds. The number of fused-ring (bicyclic) bond motifs is 1. The molecular formula is C23H28N6O2S. The third kappa shape index (κ3) is 5.05. The lowest BCUT2D eigenvalue weighted by atomic mass is 10.1. The molecule has 0 aliphatic carbocycles. The molecule has 32 heavy (non-hydrogen) atoms. The normalized spacial score (nSPS) is 13.5. The predicted octanol–water partition coefficient (Wildman–Crippen LogP) is 4.07. The minimum atomic E-state index is -0.356. The van der Waals surface area contributed by atoms with E-state index in [0.717, 1.165) is 36.6 Å². The van der Waals surface area contributed by atoms with Crippen LogP contribution in [0, 0.1) is 13.8 Å². The Morgan fingerprint density at radius 3 is 2.72 bits per heavy atom. The van der Waals surface area contributed by atoms with Gasteiger partial charge in [0.15, 0.2) is 5.13 Å². The summed E-state index contributed by atoms with van der Waals surface area (Å²) in [5.41, 5.74) is 5.22. The van der Waals surface area contributed by atoms with Crippen LogP contribution in [0.25, 0.3) is 0 Å². The predicted molar refractivity (Wildman–Crippen MR) is 127 cm³/mol. The second kappa shape index (κ2) is 9.62. The number of nitrogens with zero attached hydrogens (tertiary/aromatic N) is 4. The van der Waals surface area contributed by atoms with Crippen LogP contribution < -0.4 is 10.6 Å². The molecule has 3 aromatic rings. The minimum absolute atomic E-state index is 0.331. The molecular weight excluding hydrogens is 424 g/mol. The van der Waals surface area contributed by atoms with Crippen molar-refractivity contribution in [1.82, 2.24) is 19.9 Å². The molecule has 1 aliphatic rings. The van der Waals surface area contributed by atoms with Crippen LogP contribution in [0.2, 0.25) is 0 Å². The van der Waals surface area contributed by atoms with Crippen molar-refractivity contribution >= 4 is 34.2 Å². The summed E-state index contributed by atoms with van der Waals surface area (Å²) in [4.78, 5) is 28.9. The van der Waals surface area contributed by atoms with E-state index in [-0.39, 0.29) is 5.97 Å². The van der Waals surface area contributed by atoms with Crippen molar-refractivity contribution < 1.29 is 9.53 Å². The standard InChI is InChI=1S/C23H28N6O2S/c1-5-31-21(30)19-15(3)25-23(32-19)28-22-26-18-10-11-29(4)13-17(18)20(27-22)24-12-16-8-6-14(2)7-9-16/h6-9H,5,10-13H2,1-4H3,(H2,24,25,26,27,28). The summed E-state index contributed by atoms with van der Waals surface area (Å²) < 4.78 is 5.11. The van der Waals surface area contributed by atoms with Crippen LogP contribution in [0.1, 0.15) is 44.7 Å². The number of ether oxygens (including phenoxy) is 1. The maximum atomic E-state index is 12.1. The van der Waals surface area contributed by atoms with E-state index < -0.39 is 0 Å². The molecule has 2 aromatic heterocycles. The van der Waals surface area contributed by atoms with Crippen molar-refractivity contribution in [1.29, 1.82) is 0 Å². The third-order valence-electron chi connectivity index (χ3n) is 5.31. The van der Waals surface area contributed by atoms with E-state index in [2.05, 4.69) is 58.8 Å². The molecule has 4 rings (SSSR count). The monoisotopic (exact) mass is 452 g/mol. The van der Waals surface area contributed by atoms with Gasteiger partial charge in [0.05, 0.1) is 18.0 Å². The number of hydrogen-bond donors (Lipinski definition) is 2. The molecule has 0 fully saturated rings. The zero-order valence-electron chi connectivity index (χ0n) is 18.9. The molecule has 0 saturated carbocycles. The van der Waals surface area contributed by atoms with Crippen molar-refractivity contribution in [2.75, 3.05) is 30.8 Å². The molecule has 0 spiro atoms. The molecule has 0 bridgehead atoms. The van der Waals surface area contributed by atoms with Gasteiger partial charge in [-0.3, -0.25) is 5.32 Å². The number of carbonyl (C=O) groups excluding carboxylic acids is 1. The summed E-state index contributed by atoms with van der Waals surface area (Å²) >= 11 is 1.25. The quantitative estimate of drug-likeness (QED) is 0.518. The molecule has 1 aromatic carbocycles. The fraction of sp³-hybridized carbons (Fsp3) is 0.391. The number of likely N-dealkylation sites (N-methyl/N-ethyl adjacent to an activating group) is 1. The zero-order valence-corrected chi connectivity index (χ0v) is 19.7. The molecule has 0 saturated heterocycles. The van der Waals surface area contributed by atoms with Crippen molar-refractivity contribution in [3.63, 3.8) is 0 Å². The van der Waals surface area contributed by atoms with E-state index >= 15 is 0 Å². The number of rotatable bonds is 7. The first kappa shape index (κ1) is 22.2. The fourth-order valence-corrected chi connectivity index (χ4v) is 4.43. The number of benzene rings is 1. The highest BCUT2D eigenvalue weighted by Gasteiger charge is 2.22. The number of hydrogen-bond acceptors (Lipinski definition) is 9. The van der Waals surface area contributed by atoms with Gasteiger partial charge in [-0.05, 0) is 33.4 Å². The molecule has 168 valence electrons. The molecule has 9 heteroatoms. The first-order valence-electron chi connectivity index (χ1n) is 10.7. The van der Waals surface area contributed by atoms with E-state index in [0.29, 0.717) is 34.8 Å². The number of esters is 1. The third-order valence-corrected chi connectivity index (χ3v) is 6.36. The zero-order chi connectivity index (χ0) is 22.7. The molecule has 0 unspecified atom stereocenters. The van der Waals surface area contributed by atoms with Gasteiger partial charge in [0.2, 0.25) is 5.95 Å². The van der Waals surface area contributed by atoms with E-state index in [4.69, 9.17) is 14.7 Å². The molecule has 0 atom stereocenters. The average Bonchev–Trinajstić information content (AvgIpc) is 3.13. The Bertz CT molecular complexity index is 1110. The van der Waals surface area contributed by atoms with Crippen LogP contribution in [0.3, 0.4) is 0 Å². The van der Waals surface area contributed by atoms with Crippen LogP contribution in [0.4, 0.5) is 16.9 Å². The largest absolute Gasteiger partial charge is 0.462 e. The molecule has 1 aliphatic heterocycles. The van der Waals surface area contributed by atoms with Gasteiger partial charge in [0.1, 0.15) is 10.7 Å². The number of thiazole rings is 1. The number of aromatic nitrogens is 3. The summed E-state index contributed by atoms with van der Waals surface area (Å²) in [5, 5.41) is 7.26. The lowest BCUT2D eigenvalue weighted by Crippen LogP contribution is -2.29. The number of nitrogens with one attached hydrogen (secondary N) is 2. The van der Waals surface area contributed by atoms with Crippen LogP contribution in [0.5, 0.6) is 0 Å². The van der Waals surface area contributed by atoms with Crippen molar-refractivity contribution in [2.24, 2.45) is 0 Å². The minimum Gasteiger partial charge on any atom is -0.462 e. The van der Waals surface area contributed by atoms with Crippen LogP contribution in [-0.4, -0.2) is 46.0 Å². The van der Waals surface area contributed by atoms with E-state index in [1.807, 2.05) is 0 Å². The van der Waals surface area contributed by atoms with E-state index in [1.165, 1.54) is 22.5 Å². The molecule has 2 N–H and O–H groups in total. The first-order valence-corrected chi connectivity index (χ1v) is 11.5. The maximum Gasteiger partial charge on any atom is 0.350 e. The van der Waals surface area contributed by atoms with E-state index in [9.17, 15) is 4.79 Å². The van der Waals surface area contributed by atoms with Crippen LogP contribution in [0.15, 0.2) is 24.3 Å². The Kier molecular flexibility index (Phi) is 6.66. The van der Waals surface area contributed by atoms with Gasteiger partial charge >= 0.3 is 5.97 Å². The summed E-state index contributed by atoms with van der Waals surface area (Å²) in [6.45, 7) is 8.43. The first-order chi connectivity index (χ1) is 15.4. The van der Waals surface area contributed by atoms with Gasteiger partial charge in [0, 0.05) is 31.6 Å². The van der Waals surface area contributed by atoms with E-state index in [1.54, 1.807) is 13.8 Å². The Hall–Kier alpha value is -3.04. The van der Waals surface area contributed by atoms with Gasteiger partial charge < -0.3 is 15.0 Å². The summed E-state index contributed by atoms with van der Waals surface area (Å²) in [6, 6.07) is 8.46. The number of aryl methyl sites for hydroxylation is 2. The Labute approximate surface area is 192 Å². The van der Waals surface area contributed by atoms with Gasteiger partial charge in [-0.1, -0.05) is 41.2 Å². The molecule has 3 heterocycles. The van der Waals surface area contributed by atoms with Gasteiger partial charge in [0.25, 0.3) is 0 Å². The highest BCUT2D eigenvalue weighted by atomic mass is 32.1. The fourth-order valence-electron chi connectivity index (χ4n) is 3.57. The lowest BCUT2D eigenvalue weighted by Gasteiger charge is -2.26. The highest BCUT2D eigenvalue weighted by Crippen LogP contribution is 2.29. The van der Waals surface area contributed by atoms with Crippen LogP contribution >= 0.6 is 11.3 Å². The average molecular weight is 453 g/mol. The molecule has 8 nitrogen and oxygen atoms in total. The topological polar surface area (TPSA) is 92.3 Å². The van der Waals surface area contributed by atoms with Crippen molar-refractivity contribution in [3.05, 3.63) is 57.2 Å². The Balaban J connectivity index is 1.59. The second-order valence-electron chi connectivity index (χ2n) is 7.93. The Morgan fingerprint density at radius 2 is 1.97 bits per heavy atom. The maximum absolute atomic E-state index is 12.1. The highest BCUT2D eigenvalue weighted by molar-refractivity contribution is 7.17. The van der Waals surface area contributed by atoms with Gasteiger partial charge in [-0.25, -0.2) is 14.8 Å². The second-order valence-corrected chi connectivity index (χ2v) is 8.93. The van der Waals surface area contributed by atoms with Gasteiger partial charge in [-0.15, -0.1) is 0 Å². The summed E-state index contributed by atoms with van der Waals surface area (Å²) in [6.07, 6.45) is 0.854. The lowest BCUT2D eigenvalue weighted by molar-refractivity contribution is 0.0531. The van der Waals surface area contributed by atoms with Gasteiger partial charge in [-0.2, -0.15) is 4.98 Å².